The van der Waals surface area contributed by atoms with Crippen molar-refractivity contribution in [3.8, 4) is 5.75 Å². The number of hydrogen-bond donors (Lipinski definition) is 0. The van der Waals surface area contributed by atoms with Gasteiger partial charge in [0.1, 0.15) is 18.0 Å². The van der Waals surface area contributed by atoms with Gasteiger partial charge in [-0.15, -0.1) is 0 Å². The Hall–Kier alpha value is -1.69. The van der Waals surface area contributed by atoms with Gasteiger partial charge in [0, 0.05) is 38.6 Å². The number of amides is 1. The van der Waals surface area contributed by atoms with Crippen molar-refractivity contribution in [1.82, 2.24) is 4.90 Å². The fourth-order valence-corrected chi connectivity index (χ4v) is 2.52. The fourth-order valence-electron chi connectivity index (χ4n) is 2.52. The molecular weight excluding hydrogens is 292 g/mol. The molecule has 122 valence electrons. The summed E-state index contributed by atoms with van der Waals surface area (Å²) in [4.78, 5) is 13.8. The van der Waals surface area contributed by atoms with Crippen molar-refractivity contribution in [1.29, 1.82) is 0 Å². The number of benzene rings is 1. The molecule has 1 aliphatic heterocycles. The number of ether oxygens (including phenoxy) is 2. The summed E-state index contributed by atoms with van der Waals surface area (Å²) in [5.41, 5.74) is 0. The zero-order chi connectivity index (χ0) is 16.1. The van der Waals surface area contributed by atoms with E-state index in [9.17, 15) is 13.6 Å². The van der Waals surface area contributed by atoms with E-state index in [0.717, 1.165) is 6.07 Å². The molecule has 1 aliphatic rings. The average molecular weight is 313 g/mol. The first kappa shape index (κ1) is 16.7. The van der Waals surface area contributed by atoms with Crippen LogP contribution in [0.1, 0.15) is 26.7 Å². The summed E-state index contributed by atoms with van der Waals surface area (Å²) in [6.07, 6.45) is 0.603. The second kappa shape index (κ2) is 7.54. The highest BCUT2D eigenvalue weighted by Gasteiger charge is 2.27. The number of halogens is 2. The molecule has 22 heavy (non-hydrogen) atoms. The van der Waals surface area contributed by atoms with Crippen molar-refractivity contribution in [3.63, 3.8) is 0 Å². The minimum Gasteiger partial charge on any atom is -0.487 e. The average Bonchev–Trinajstić information content (AvgIpc) is 2.50. The molecule has 1 unspecified atom stereocenters. The van der Waals surface area contributed by atoms with Crippen LogP contribution in [0.5, 0.6) is 5.75 Å². The molecule has 1 aromatic rings. The molecule has 1 heterocycles. The first-order chi connectivity index (χ1) is 10.5. The van der Waals surface area contributed by atoms with Crippen LogP contribution in [0.4, 0.5) is 8.78 Å². The summed E-state index contributed by atoms with van der Waals surface area (Å²) in [5.74, 6) is -1.32. The van der Waals surface area contributed by atoms with Crippen LogP contribution in [0.25, 0.3) is 0 Å². The van der Waals surface area contributed by atoms with Gasteiger partial charge in [0.2, 0.25) is 0 Å². The third-order valence-electron chi connectivity index (χ3n) is 3.71. The topological polar surface area (TPSA) is 38.8 Å². The minimum atomic E-state index is -0.705. The smallest absolute Gasteiger partial charge is 0.251 e. The van der Waals surface area contributed by atoms with Gasteiger partial charge in [-0.2, -0.15) is 0 Å². The predicted molar refractivity (Wildman–Crippen MR) is 77.7 cm³/mol. The van der Waals surface area contributed by atoms with Gasteiger partial charge in [-0.3, -0.25) is 4.79 Å². The molecule has 1 atom stereocenters. The van der Waals surface area contributed by atoms with Crippen molar-refractivity contribution >= 4 is 5.91 Å². The lowest BCUT2D eigenvalue weighted by Crippen LogP contribution is -2.46. The zero-order valence-corrected chi connectivity index (χ0v) is 12.9. The van der Waals surface area contributed by atoms with Crippen molar-refractivity contribution in [2.75, 3.05) is 19.7 Å². The molecule has 0 spiro atoms. The van der Waals surface area contributed by atoms with Gasteiger partial charge in [-0.25, -0.2) is 8.78 Å². The molecule has 0 aliphatic carbocycles. The van der Waals surface area contributed by atoms with Crippen LogP contribution in [-0.4, -0.2) is 42.7 Å². The van der Waals surface area contributed by atoms with Crippen molar-refractivity contribution in [2.24, 2.45) is 0 Å². The standard InChI is InChI=1S/C16H21F2NO3/c1-3-21-11(2)16(20)19-8-6-13(7-9-19)22-15-5-4-12(17)10-14(15)18/h4-5,10-11,13H,3,6-9H2,1-2H3. The van der Waals surface area contributed by atoms with Crippen LogP contribution >= 0.6 is 0 Å². The van der Waals surface area contributed by atoms with Gasteiger partial charge in [0.25, 0.3) is 5.91 Å². The maximum Gasteiger partial charge on any atom is 0.251 e. The molecule has 4 nitrogen and oxygen atoms in total. The number of hydrogen-bond acceptors (Lipinski definition) is 3. The fraction of sp³-hybridized carbons (Fsp3) is 0.562. The van der Waals surface area contributed by atoms with E-state index in [4.69, 9.17) is 9.47 Å². The SMILES string of the molecule is CCOC(C)C(=O)N1CCC(Oc2ccc(F)cc2F)CC1. The Morgan fingerprint density at radius 2 is 2.05 bits per heavy atom. The van der Waals surface area contributed by atoms with Crippen LogP contribution in [0.2, 0.25) is 0 Å². The van der Waals surface area contributed by atoms with Gasteiger partial charge in [0.05, 0.1) is 0 Å². The Kier molecular flexibility index (Phi) is 5.71. The molecule has 0 N–H and O–H groups in total. The third kappa shape index (κ3) is 4.16. The van der Waals surface area contributed by atoms with E-state index in [0.29, 0.717) is 32.5 Å². The second-order valence-corrected chi connectivity index (χ2v) is 5.31. The first-order valence-corrected chi connectivity index (χ1v) is 7.53. The maximum absolute atomic E-state index is 13.6. The summed E-state index contributed by atoms with van der Waals surface area (Å²) >= 11 is 0. The summed E-state index contributed by atoms with van der Waals surface area (Å²) in [7, 11) is 0. The monoisotopic (exact) mass is 313 g/mol. The molecule has 1 fully saturated rings. The quantitative estimate of drug-likeness (QED) is 0.839. The van der Waals surface area contributed by atoms with Gasteiger partial charge >= 0.3 is 0 Å². The number of carbonyl (C=O) groups excluding carboxylic acids is 1. The van der Waals surface area contributed by atoms with Crippen molar-refractivity contribution in [2.45, 2.75) is 38.9 Å². The van der Waals surface area contributed by atoms with Crippen LogP contribution in [0, 0.1) is 11.6 Å². The molecule has 0 radical (unpaired) electrons. The Morgan fingerprint density at radius 1 is 1.36 bits per heavy atom. The van der Waals surface area contributed by atoms with E-state index in [-0.39, 0.29) is 17.8 Å². The van der Waals surface area contributed by atoms with E-state index < -0.39 is 17.7 Å². The lowest BCUT2D eigenvalue weighted by atomic mass is 10.1. The summed E-state index contributed by atoms with van der Waals surface area (Å²) in [6.45, 7) is 5.17. The van der Waals surface area contributed by atoms with Crippen LogP contribution in [0.15, 0.2) is 18.2 Å². The van der Waals surface area contributed by atoms with Crippen LogP contribution in [-0.2, 0) is 9.53 Å². The lowest BCUT2D eigenvalue weighted by molar-refractivity contribution is -0.144. The summed E-state index contributed by atoms with van der Waals surface area (Å²) in [5, 5.41) is 0. The molecule has 1 amide bonds. The number of piperidine rings is 1. The first-order valence-electron chi connectivity index (χ1n) is 7.53. The lowest BCUT2D eigenvalue weighted by Gasteiger charge is -2.33. The molecule has 0 bridgehead atoms. The van der Waals surface area contributed by atoms with E-state index in [1.54, 1.807) is 11.8 Å². The molecule has 0 aromatic heterocycles. The minimum absolute atomic E-state index is 0.0340. The predicted octanol–water partition coefficient (Wildman–Crippen LogP) is 2.76. The van der Waals surface area contributed by atoms with Crippen molar-refractivity contribution in [3.05, 3.63) is 29.8 Å². The van der Waals surface area contributed by atoms with E-state index in [2.05, 4.69) is 0 Å². The molecular formula is C16H21F2NO3. The number of carbonyl (C=O) groups is 1. The molecule has 2 rings (SSSR count). The van der Waals surface area contributed by atoms with Gasteiger partial charge in [-0.05, 0) is 26.0 Å². The molecule has 1 saturated heterocycles. The molecule has 6 heteroatoms. The Balaban J connectivity index is 1.85. The third-order valence-corrected chi connectivity index (χ3v) is 3.71. The van der Waals surface area contributed by atoms with Crippen LogP contribution in [0.3, 0.4) is 0 Å². The van der Waals surface area contributed by atoms with E-state index in [1.165, 1.54) is 12.1 Å². The highest BCUT2D eigenvalue weighted by Crippen LogP contribution is 2.23. The largest absolute Gasteiger partial charge is 0.487 e. The van der Waals surface area contributed by atoms with Gasteiger partial charge < -0.3 is 14.4 Å². The molecule has 1 aromatic carbocycles. The van der Waals surface area contributed by atoms with Crippen LogP contribution < -0.4 is 4.74 Å². The van der Waals surface area contributed by atoms with Gasteiger partial charge in [-0.1, -0.05) is 0 Å². The number of nitrogens with zero attached hydrogens (tertiary/aromatic N) is 1. The van der Waals surface area contributed by atoms with Crippen molar-refractivity contribution < 1.29 is 23.0 Å². The number of rotatable bonds is 5. The van der Waals surface area contributed by atoms with E-state index >= 15 is 0 Å². The zero-order valence-electron chi connectivity index (χ0n) is 12.9. The molecule has 0 saturated carbocycles. The number of likely N-dealkylation sites (tertiary alicyclic amines) is 1. The normalized spacial score (nSPS) is 17.4. The van der Waals surface area contributed by atoms with Gasteiger partial charge in [0.15, 0.2) is 11.6 Å². The highest BCUT2D eigenvalue weighted by atomic mass is 19.1. The maximum atomic E-state index is 13.6. The Bertz CT molecular complexity index is 516. The summed E-state index contributed by atoms with van der Waals surface area (Å²) < 4.78 is 37.3. The summed E-state index contributed by atoms with van der Waals surface area (Å²) in [6, 6.07) is 3.26. The van der Waals surface area contributed by atoms with E-state index in [1.807, 2.05) is 6.92 Å². The Labute approximate surface area is 129 Å². The Morgan fingerprint density at radius 3 is 2.64 bits per heavy atom. The second-order valence-electron chi connectivity index (χ2n) is 5.31. The highest BCUT2D eigenvalue weighted by molar-refractivity contribution is 5.80.